The van der Waals surface area contributed by atoms with Crippen LogP contribution in [0, 0.1) is 6.92 Å². The molecule has 0 fully saturated rings. The van der Waals surface area contributed by atoms with E-state index in [0.717, 1.165) is 33.7 Å². The molecular weight excluding hydrogens is 428 g/mol. The van der Waals surface area contributed by atoms with Gasteiger partial charge in [-0.25, -0.2) is 4.79 Å². The number of ketones is 1. The topological polar surface area (TPSA) is 81.4 Å². The van der Waals surface area contributed by atoms with Gasteiger partial charge in [0.15, 0.2) is 5.78 Å². The van der Waals surface area contributed by atoms with Crippen molar-refractivity contribution in [3.63, 3.8) is 0 Å². The third kappa shape index (κ3) is 3.41. The molecule has 3 aromatic rings. The van der Waals surface area contributed by atoms with Crippen molar-refractivity contribution in [3.05, 3.63) is 92.8 Å². The van der Waals surface area contributed by atoms with Crippen molar-refractivity contribution >= 4 is 29.2 Å². The first-order valence-corrected chi connectivity index (χ1v) is 10.8. The van der Waals surface area contributed by atoms with Crippen LogP contribution in [0.4, 0.5) is 5.88 Å². The monoisotopic (exact) mass is 448 g/mol. The number of hydrogen-bond donors (Lipinski definition) is 1. The van der Waals surface area contributed by atoms with Crippen LogP contribution in [0.5, 0.6) is 0 Å². The molecule has 0 radical (unpaired) electrons. The Bertz CT molecular complexity index is 1240. The summed E-state index contributed by atoms with van der Waals surface area (Å²) in [6.07, 6.45) is 1.09. The third-order valence-corrected chi connectivity index (χ3v) is 6.52. The SMILES string of the molecule is COC(=O)c1ccc([C@H]2C3=C(C[C@H](c4ccc(Cl)cc4)CC3=O)Nc3onc(C)c32)cc1. The molecule has 0 amide bonds. The molecule has 1 aliphatic carbocycles. The van der Waals surface area contributed by atoms with Crippen LogP contribution >= 0.6 is 11.6 Å². The van der Waals surface area contributed by atoms with Gasteiger partial charge in [-0.3, -0.25) is 4.79 Å². The van der Waals surface area contributed by atoms with Crippen LogP contribution in [0.15, 0.2) is 64.3 Å². The molecule has 0 spiro atoms. The Labute approximate surface area is 190 Å². The van der Waals surface area contributed by atoms with Crippen molar-refractivity contribution in [2.24, 2.45) is 0 Å². The predicted octanol–water partition coefficient (Wildman–Crippen LogP) is 5.38. The van der Waals surface area contributed by atoms with Gasteiger partial charge in [0.25, 0.3) is 0 Å². The number of anilines is 1. The smallest absolute Gasteiger partial charge is 0.337 e. The minimum atomic E-state index is -0.400. The van der Waals surface area contributed by atoms with Gasteiger partial charge in [0.1, 0.15) is 0 Å². The number of hydrogen-bond acceptors (Lipinski definition) is 6. The number of fused-ring (bicyclic) bond motifs is 1. The van der Waals surface area contributed by atoms with Crippen molar-refractivity contribution < 1.29 is 18.8 Å². The van der Waals surface area contributed by atoms with E-state index in [9.17, 15) is 9.59 Å². The summed E-state index contributed by atoms with van der Waals surface area (Å²) in [5.41, 5.74) is 5.61. The Kier molecular flexibility index (Phi) is 5.10. The standard InChI is InChI=1S/C25H21ClN2O4/c1-13-21-22(15-3-5-16(6-4-15)25(30)31-2)23-19(27-24(21)32-28-13)11-17(12-20(23)29)14-7-9-18(26)10-8-14/h3-10,17,22,27H,11-12H2,1-2H3/t17-,22+/m0/s1. The van der Waals surface area contributed by atoms with E-state index in [2.05, 4.69) is 10.5 Å². The number of Topliss-reactive ketones (excluding diaryl/α,β-unsaturated/α-hetero) is 1. The highest BCUT2D eigenvalue weighted by atomic mass is 35.5. The van der Waals surface area contributed by atoms with Gasteiger partial charge in [0.2, 0.25) is 5.88 Å². The summed E-state index contributed by atoms with van der Waals surface area (Å²) in [5.74, 6) is -0.000179. The van der Waals surface area contributed by atoms with Gasteiger partial charge < -0.3 is 14.6 Å². The molecule has 1 aromatic heterocycles. The molecule has 0 bridgehead atoms. The van der Waals surface area contributed by atoms with Crippen LogP contribution in [0.2, 0.25) is 5.02 Å². The number of halogens is 1. The minimum absolute atomic E-state index is 0.0546. The summed E-state index contributed by atoms with van der Waals surface area (Å²) in [5, 5.41) is 8.14. The zero-order valence-corrected chi connectivity index (χ0v) is 18.4. The number of allylic oxidation sites excluding steroid dienone is 2. The highest BCUT2D eigenvalue weighted by Gasteiger charge is 2.41. The molecule has 1 N–H and O–H groups in total. The van der Waals surface area contributed by atoms with Crippen LogP contribution in [0.25, 0.3) is 0 Å². The second-order valence-electron chi connectivity index (χ2n) is 8.15. The number of carbonyl (C=O) groups is 2. The Morgan fingerprint density at radius 2 is 1.78 bits per heavy atom. The quantitative estimate of drug-likeness (QED) is 0.541. The van der Waals surface area contributed by atoms with Gasteiger partial charge in [-0.1, -0.05) is 41.0 Å². The average molecular weight is 449 g/mol. The number of aryl methyl sites for hydroxylation is 1. The van der Waals surface area contributed by atoms with Gasteiger partial charge in [0.05, 0.1) is 23.9 Å². The third-order valence-electron chi connectivity index (χ3n) is 6.26. The Morgan fingerprint density at radius 1 is 1.09 bits per heavy atom. The molecular formula is C25H21ClN2O4. The first-order valence-electron chi connectivity index (χ1n) is 10.4. The normalized spacial score (nSPS) is 19.8. The lowest BCUT2D eigenvalue weighted by Crippen LogP contribution is -2.29. The van der Waals surface area contributed by atoms with Gasteiger partial charge in [-0.15, -0.1) is 0 Å². The molecule has 162 valence electrons. The summed E-state index contributed by atoms with van der Waals surface area (Å²) in [6.45, 7) is 1.87. The fourth-order valence-corrected chi connectivity index (χ4v) is 4.83. The zero-order valence-electron chi connectivity index (χ0n) is 17.6. The molecule has 0 saturated carbocycles. The number of methoxy groups -OCH3 is 1. The summed E-state index contributed by atoms with van der Waals surface area (Å²) < 4.78 is 10.4. The molecule has 2 aromatic carbocycles. The van der Waals surface area contributed by atoms with E-state index in [1.165, 1.54) is 7.11 Å². The molecule has 6 nitrogen and oxygen atoms in total. The number of carbonyl (C=O) groups excluding carboxylic acids is 2. The van der Waals surface area contributed by atoms with Crippen molar-refractivity contribution in [2.45, 2.75) is 31.6 Å². The summed E-state index contributed by atoms with van der Waals surface area (Å²) >= 11 is 6.04. The highest BCUT2D eigenvalue weighted by Crippen LogP contribution is 2.49. The van der Waals surface area contributed by atoms with Crippen LogP contribution in [-0.4, -0.2) is 24.0 Å². The molecule has 32 heavy (non-hydrogen) atoms. The molecule has 2 heterocycles. The van der Waals surface area contributed by atoms with Gasteiger partial charge >= 0.3 is 5.97 Å². The Morgan fingerprint density at radius 3 is 2.47 bits per heavy atom. The molecule has 5 rings (SSSR count). The number of nitrogens with one attached hydrogen (secondary N) is 1. The maximum atomic E-state index is 13.5. The number of nitrogens with zero attached hydrogens (tertiary/aromatic N) is 1. The summed E-state index contributed by atoms with van der Waals surface area (Å²) in [6, 6.07) is 14.8. The number of ether oxygens (including phenoxy) is 1. The van der Waals surface area contributed by atoms with E-state index in [0.29, 0.717) is 29.3 Å². The van der Waals surface area contributed by atoms with Crippen molar-refractivity contribution in [3.8, 4) is 0 Å². The number of esters is 1. The molecule has 0 unspecified atom stereocenters. The highest BCUT2D eigenvalue weighted by molar-refractivity contribution is 6.30. The van der Waals surface area contributed by atoms with Crippen LogP contribution in [0.1, 0.15) is 57.4 Å². The Balaban J connectivity index is 1.57. The fraction of sp³-hybridized carbons (Fsp3) is 0.240. The maximum absolute atomic E-state index is 13.5. The van der Waals surface area contributed by atoms with Crippen LogP contribution in [0.3, 0.4) is 0 Å². The van der Waals surface area contributed by atoms with Crippen molar-refractivity contribution in [1.29, 1.82) is 0 Å². The van der Waals surface area contributed by atoms with Crippen molar-refractivity contribution in [2.75, 3.05) is 12.4 Å². The lowest BCUT2D eigenvalue weighted by molar-refractivity contribution is -0.116. The Hall–Kier alpha value is -3.38. The molecule has 1 aliphatic heterocycles. The number of rotatable bonds is 3. The summed E-state index contributed by atoms with van der Waals surface area (Å²) in [4.78, 5) is 25.3. The fourth-order valence-electron chi connectivity index (χ4n) is 4.71. The van der Waals surface area contributed by atoms with Gasteiger partial charge in [-0.05, 0) is 54.7 Å². The second-order valence-corrected chi connectivity index (χ2v) is 8.59. The van der Waals surface area contributed by atoms with Gasteiger partial charge in [-0.2, -0.15) is 0 Å². The number of aromatic nitrogens is 1. The number of benzene rings is 2. The van der Waals surface area contributed by atoms with Crippen LogP contribution in [-0.2, 0) is 9.53 Å². The first-order chi connectivity index (χ1) is 15.5. The predicted molar refractivity (Wildman–Crippen MR) is 120 cm³/mol. The van der Waals surface area contributed by atoms with E-state index in [-0.39, 0.29) is 17.6 Å². The lowest BCUT2D eigenvalue weighted by Gasteiger charge is -2.34. The largest absolute Gasteiger partial charge is 0.465 e. The first kappa shape index (κ1) is 20.5. The molecule has 0 saturated heterocycles. The van der Waals surface area contributed by atoms with E-state index in [4.69, 9.17) is 20.9 Å². The average Bonchev–Trinajstić information content (AvgIpc) is 3.18. The molecule has 2 aliphatic rings. The van der Waals surface area contributed by atoms with Crippen molar-refractivity contribution in [1.82, 2.24) is 5.16 Å². The van der Waals surface area contributed by atoms with E-state index < -0.39 is 5.97 Å². The molecule has 7 heteroatoms. The summed E-state index contributed by atoms with van der Waals surface area (Å²) in [7, 11) is 1.35. The van der Waals surface area contributed by atoms with E-state index in [1.807, 2.05) is 43.3 Å². The zero-order chi connectivity index (χ0) is 22.4. The van der Waals surface area contributed by atoms with Crippen LogP contribution < -0.4 is 5.32 Å². The maximum Gasteiger partial charge on any atom is 0.337 e. The minimum Gasteiger partial charge on any atom is -0.465 e. The van der Waals surface area contributed by atoms with E-state index >= 15 is 0 Å². The lowest BCUT2D eigenvalue weighted by atomic mass is 9.72. The second kappa shape index (κ2) is 7.95. The van der Waals surface area contributed by atoms with E-state index in [1.54, 1.807) is 12.1 Å². The van der Waals surface area contributed by atoms with Gasteiger partial charge in [0, 0.05) is 28.6 Å². The molecule has 2 atom stereocenters.